The maximum absolute atomic E-state index is 12.9. The van der Waals surface area contributed by atoms with E-state index in [9.17, 15) is 38.7 Å². The molecule has 88 heavy (non-hydrogen) atoms. The number of carbonyl (C=O) groups excluding carboxylic acids is 5. The predicted molar refractivity (Wildman–Crippen MR) is 328 cm³/mol. The van der Waals surface area contributed by atoms with E-state index in [0.717, 1.165) is 36.6 Å². The fourth-order valence-corrected chi connectivity index (χ4v) is 11.5. The van der Waals surface area contributed by atoms with Crippen LogP contribution in [0.4, 0.5) is 4.79 Å². The number of thiophene rings is 4. The topological polar surface area (TPSA) is 343 Å². The van der Waals surface area contributed by atoms with Gasteiger partial charge in [-0.05, 0) is 80.4 Å². The first-order chi connectivity index (χ1) is 42.0. The number of nitrogens with one attached hydrogen (secondary N) is 3. The number of rotatable bonds is 21. The van der Waals surface area contributed by atoms with Crippen molar-refractivity contribution >= 4 is 140 Å². The van der Waals surface area contributed by atoms with Crippen LogP contribution in [0.2, 0.25) is 5.02 Å². The van der Waals surface area contributed by atoms with Gasteiger partial charge in [-0.25, -0.2) is 14.4 Å². The van der Waals surface area contributed by atoms with Gasteiger partial charge in [-0.1, -0.05) is 72.3 Å². The maximum atomic E-state index is 12.9. The van der Waals surface area contributed by atoms with Crippen molar-refractivity contribution in [2.75, 3.05) is 32.9 Å². The Labute approximate surface area is 535 Å². The van der Waals surface area contributed by atoms with E-state index in [2.05, 4.69) is 35.9 Å². The van der Waals surface area contributed by atoms with E-state index >= 15 is 0 Å². The summed E-state index contributed by atoms with van der Waals surface area (Å²) in [5, 5.41) is 36.2. The molecule has 0 aliphatic carbocycles. The van der Waals surface area contributed by atoms with Gasteiger partial charge in [-0.15, -0.1) is 45.3 Å². The van der Waals surface area contributed by atoms with E-state index in [4.69, 9.17) is 51.2 Å². The van der Waals surface area contributed by atoms with Crippen LogP contribution in [0.1, 0.15) is 70.6 Å². The quantitative estimate of drug-likeness (QED) is 0.0354. The molecule has 2 atom stereocenters. The molecule has 3 amide bonds. The van der Waals surface area contributed by atoms with E-state index in [1.807, 2.05) is 81.4 Å². The number of halogens is 1. The molecule has 29 heteroatoms. The van der Waals surface area contributed by atoms with E-state index in [1.165, 1.54) is 46.3 Å². The Balaban J connectivity index is 0.000000206. The van der Waals surface area contributed by atoms with Gasteiger partial charge in [0.2, 0.25) is 0 Å². The first-order valence-corrected chi connectivity index (χ1v) is 29.9. The van der Waals surface area contributed by atoms with Gasteiger partial charge >= 0.3 is 42.9 Å². The summed E-state index contributed by atoms with van der Waals surface area (Å²) in [6, 6.07) is 29.2. The zero-order valence-corrected chi connectivity index (χ0v) is 51.4. The summed E-state index contributed by atoms with van der Waals surface area (Å²) in [5.74, 6) is -2.78. The SMILES string of the molecule is CCOc1ccnc2cc(C(=O)NC[C@@H](N)C(=O)O)sc12.CCOc1ccnc2cc(C(=O)NC[C@@H](NC(=O)OCc3ccccc3)C(=O)OCc3ccccc3)sc12.CCOc1ccnc2cc(C(=O)O)sc12.O=C([O-])c1cc2nccc(Cl)c2s1.[Li+]. The Hall–Kier alpha value is -8.78. The number of alkyl carbamates (subject to hydrolysis) is 1. The average molecular weight is 1290 g/mol. The summed E-state index contributed by atoms with van der Waals surface area (Å²) in [6.07, 6.45) is 5.58. The van der Waals surface area contributed by atoms with Crippen molar-refractivity contribution in [2.24, 2.45) is 5.73 Å². The minimum atomic E-state index is -1.20. The average Bonchev–Trinajstić information content (AvgIpc) is 3.59. The van der Waals surface area contributed by atoms with E-state index < -0.39 is 48.0 Å². The second kappa shape index (κ2) is 33.9. The Morgan fingerprint density at radius 2 is 0.955 bits per heavy atom. The van der Waals surface area contributed by atoms with Crippen LogP contribution >= 0.6 is 56.9 Å². The standard InChI is InChI=1S/C28H27N3O6S.C13H15N3O4S.C10H9NO3S.C8H4ClNO2S.Li/c1-2-35-23-13-14-29-21-15-24(38-25(21)23)26(32)30-16-22(27(33)36-17-19-9-5-3-6-10-19)31-28(34)37-18-20-11-7-4-8-12-20;1-2-20-9-3-4-15-8-5-10(21-11(8)9)12(17)16-6-7(14)13(18)19;1-2-14-7-3-4-11-6-5-8(10(12)13)15-9(6)7;9-4-1-2-10-5-3-6(8(11)12)13-7(4)5;/h3-15,22H,2,16-18H2,1H3,(H,30,32)(H,31,34);3-5,7H,2,6,14H2,1H3,(H,16,17)(H,18,19);3-5H,2H2,1H3,(H,12,13);1-3H,(H,11,12);/q;;;;+1/p-1/t22-;7-;;;/m11.../s1. The molecule has 0 bridgehead atoms. The number of hydrogen-bond acceptors (Lipinski definition) is 22. The van der Waals surface area contributed by atoms with Gasteiger partial charge in [0.1, 0.15) is 47.4 Å². The molecule has 8 aromatic heterocycles. The number of aromatic carboxylic acids is 2. The van der Waals surface area contributed by atoms with Crippen LogP contribution in [-0.2, 0) is 32.3 Å². The number of benzene rings is 2. The van der Waals surface area contributed by atoms with Gasteiger partial charge in [0.25, 0.3) is 11.8 Å². The van der Waals surface area contributed by atoms with Gasteiger partial charge in [-0.3, -0.25) is 34.3 Å². The molecule has 0 fully saturated rings. The monoisotopic (exact) mass is 1280 g/mol. The second-order valence-electron chi connectivity index (χ2n) is 17.6. The molecule has 23 nitrogen and oxygen atoms in total. The Morgan fingerprint density at radius 3 is 1.39 bits per heavy atom. The molecular formula is C59H54ClLiN8O15S4. The summed E-state index contributed by atoms with van der Waals surface area (Å²) in [6.45, 7) is 6.92. The van der Waals surface area contributed by atoms with Crippen LogP contribution in [0, 0.1) is 0 Å². The Bertz CT molecular complexity index is 4020. The molecule has 2 aromatic carbocycles. The second-order valence-corrected chi connectivity index (χ2v) is 22.2. The van der Waals surface area contributed by atoms with Crippen molar-refractivity contribution in [1.29, 1.82) is 0 Å². The summed E-state index contributed by atoms with van der Waals surface area (Å²) in [7, 11) is 0. The molecule has 0 radical (unpaired) electrons. The fourth-order valence-electron chi connectivity index (χ4n) is 7.48. The van der Waals surface area contributed by atoms with E-state index in [-0.39, 0.29) is 60.8 Å². The first-order valence-electron chi connectivity index (χ1n) is 26.2. The number of aliphatic carboxylic acids is 1. The summed E-state index contributed by atoms with van der Waals surface area (Å²) < 4.78 is 30.1. The molecule has 7 N–H and O–H groups in total. The Morgan fingerprint density at radius 1 is 0.557 bits per heavy atom. The third-order valence-corrected chi connectivity index (χ3v) is 16.5. The summed E-state index contributed by atoms with van der Waals surface area (Å²) >= 11 is 10.6. The van der Waals surface area contributed by atoms with Crippen molar-refractivity contribution < 1.29 is 91.4 Å². The summed E-state index contributed by atoms with van der Waals surface area (Å²) in [5.41, 5.74) is 9.49. The molecule has 0 aliphatic rings. The number of fused-ring (bicyclic) bond motifs is 4. The largest absolute Gasteiger partial charge is 1.00 e. The molecule has 0 unspecified atom stereocenters. The first kappa shape index (κ1) is 68.3. The molecule has 0 saturated carbocycles. The number of ether oxygens (including phenoxy) is 5. The zero-order chi connectivity index (χ0) is 62.4. The molecule has 0 spiro atoms. The van der Waals surface area contributed by atoms with Crippen LogP contribution in [0.25, 0.3) is 40.9 Å². The minimum Gasteiger partial charge on any atom is -0.544 e. The molecule has 8 heterocycles. The van der Waals surface area contributed by atoms with Crippen molar-refractivity contribution in [2.45, 2.75) is 46.1 Å². The van der Waals surface area contributed by atoms with Crippen LogP contribution in [-0.4, -0.2) is 117 Å². The van der Waals surface area contributed by atoms with Crippen molar-refractivity contribution in [3.63, 3.8) is 0 Å². The van der Waals surface area contributed by atoms with Crippen LogP contribution in [0.15, 0.2) is 134 Å². The minimum absolute atomic E-state index is 0. The van der Waals surface area contributed by atoms with Crippen LogP contribution in [0.5, 0.6) is 17.2 Å². The number of aromatic nitrogens is 4. The van der Waals surface area contributed by atoms with Gasteiger partial charge in [0, 0.05) is 37.9 Å². The molecular weight excluding hydrogens is 1230 g/mol. The predicted octanol–water partition coefficient (Wildman–Crippen LogP) is 6.01. The third kappa shape index (κ3) is 19.4. The number of carboxylic acids is 3. The Kier molecular flexibility index (Phi) is 26.4. The van der Waals surface area contributed by atoms with Crippen LogP contribution < -0.4 is 59.9 Å². The number of hydrogen-bond donors (Lipinski definition) is 6. The van der Waals surface area contributed by atoms with Crippen molar-refractivity contribution in [1.82, 2.24) is 35.9 Å². The van der Waals surface area contributed by atoms with Gasteiger partial charge < -0.3 is 65.5 Å². The number of nitrogens with two attached hydrogens (primary N) is 1. The number of nitrogens with zero attached hydrogens (tertiary/aromatic N) is 4. The van der Waals surface area contributed by atoms with Crippen LogP contribution in [0.3, 0.4) is 0 Å². The maximum Gasteiger partial charge on any atom is 1.00 e. The molecule has 10 aromatic rings. The number of carbonyl (C=O) groups is 7. The van der Waals surface area contributed by atoms with Crippen molar-refractivity contribution in [3.8, 4) is 17.2 Å². The number of carboxylic acid groups (broad SMARTS) is 3. The van der Waals surface area contributed by atoms with Gasteiger partial charge in [0.05, 0.1) is 86.3 Å². The zero-order valence-electron chi connectivity index (χ0n) is 47.4. The molecule has 10 rings (SSSR count). The molecule has 0 aliphatic heterocycles. The van der Waals surface area contributed by atoms with Crippen molar-refractivity contribution in [3.05, 3.63) is 170 Å². The summed E-state index contributed by atoms with van der Waals surface area (Å²) in [4.78, 5) is 99.9. The fraction of sp³-hybridized carbons (Fsp3) is 0.203. The molecule has 452 valence electrons. The normalized spacial score (nSPS) is 11.1. The number of esters is 1. The number of amides is 3. The smallest absolute Gasteiger partial charge is 0.544 e. The molecule has 0 saturated heterocycles. The number of pyridine rings is 4. The third-order valence-electron chi connectivity index (χ3n) is 11.5. The van der Waals surface area contributed by atoms with Gasteiger partial charge in [-0.2, -0.15) is 0 Å². The van der Waals surface area contributed by atoms with E-state index in [1.54, 1.807) is 61.1 Å². The van der Waals surface area contributed by atoms with Gasteiger partial charge in [0.15, 0.2) is 0 Å². The van der Waals surface area contributed by atoms with E-state index in [0.29, 0.717) is 78.6 Å².